The SMILES string of the molecule is CCCc1c(C(=O)OCC)nnn1CCOC(C)(C)C. The first kappa shape index (κ1) is 16.6. The van der Waals surface area contributed by atoms with Crippen molar-refractivity contribution in [3.8, 4) is 0 Å². The number of carbonyl (C=O) groups excluding carboxylic acids is 1. The van der Waals surface area contributed by atoms with Gasteiger partial charge in [-0.2, -0.15) is 0 Å². The summed E-state index contributed by atoms with van der Waals surface area (Å²) >= 11 is 0. The van der Waals surface area contributed by atoms with E-state index in [9.17, 15) is 4.79 Å². The van der Waals surface area contributed by atoms with E-state index in [4.69, 9.17) is 9.47 Å². The molecule has 0 aromatic carbocycles. The van der Waals surface area contributed by atoms with Gasteiger partial charge in [-0.25, -0.2) is 9.48 Å². The first-order valence-corrected chi connectivity index (χ1v) is 7.12. The Hall–Kier alpha value is -1.43. The fourth-order valence-corrected chi connectivity index (χ4v) is 1.79. The summed E-state index contributed by atoms with van der Waals surface area (Å²) in [6.45, 7) is 11.3. The molecule has 0 unspecified atom stereocenters. The monoisotopic (exact) mass is 283 g/mol. The van der Waals surface area contributed by atoms with E-state index in [0.717, 1.165) is 18.5 Å². The maximum absolute atomic E-state index is 11.8. The summed E-state index contributed by atoms with van der Waals surface area (Å²) < 4.78 is 12.4. The Morgan fingerprint density at radius 1 is 1.30 bits per heavy atom. The van der Waals surface area contributed by atoms with Crippen molar-refractivity contribution in [3.05, 3.63) is 11.4 Å². The summed E-state index contributed by atoms with van der Waals surface area (Å²) in [6.07, 6.45) is 1.66. The van der Waals surface area contributed by atoms with Crippen LogP contribution in [0.25, 0.3) is 0 Å². The molecule has 20 heavy (non-hydrogen) atoms. The Bertz CT molecular complexity index is 435. The van der Waals surface area contributed by atoms with E-state index in [1.165, 1.54) is 0 Å². The molecule has 0 fully saturated rings. The summed E-state index contributed by atoms with van der Waals surface area (Å²) in [4.78, 5) is 11.8. The van der Waals surface area contributed by atoms with Crippen molar-refractivity contribution < 1.29 is 14.3 Å². The Balaban J connectivity index is 2.78. The molecule has 6 nitrogen and oxygen atoms in total. The van der Waals surface area contributed by atoms with E-state index in [-0.39, 0.29) is 5.60 Å². The Labute approximate surface area is 120 Å². The van der Waals surface area contributed by atoms with E-state index >= 15 is 0 Å². The van der Waals surface area contributed by atoms with Gasteiger partial charge in [-0.1, -0.05) is 18.6 Å². The molecule has 0 saturated carbocycles. The molecule has 6 heteroatoms. The molecule has 0 saturated heterocycles. The number of rotatable bonds is 7. The summed E-state index contributed by atoms with van der Waals surface area (Å²) in [5.74, 6) is -0.404. The molecular weight excluding hydrogens is 258 g/mol. The largest absolute Gasteiger partial charge is 0.461 e. The highest BCUT2D eigenvalue weighted by molar-refractivity contribution is 5.88. The molecule has 0 N–H and O–H groups in total. The van der Waals surface area contributed by atoms with Crippen molar-refractivity contribution in [1.29, 1.82) is 0 Å². The van der Waals surface area contributed by atoms with Gasteiger partial charge in [-0.3, -0.25) is 0 Å². The van der Waals surface area contributed by atoms with Crippen LogP contribution in [0.3, 0.4) is 0 Å². The normalized spacial score (nSPS) is 11.7. The Morgan fingerprint density at radius 3 is 2.55 bits per heavy atom. The smallest absolute Gasteiger partial charge is 0.360 e. The van der Waals surface area contributed by atoms with Gasteiger partial charge in [0, 0.05) is 0 Å². The van der Waals surface area contributed by atoms with Gasteiger partial charge in [0.1, 0.15) is 0 Å². The van der Waals surface area contributed by atoms with Crippen LogP contribution < -0.4 is 0 Å². The van der Waals surface area contributed by atoms with Gasteiger partial charge in [-0.05, 0) is 34.1 Å². The molecule has 0 aliphatic rings. The Morgan fingerprint density at radius 2 is 2.00 bits per heavy atom. The predicted octanol–water partition coefficient (Wildman–Crippen LogP) is 2.22. The van der Waals surface area contributed by atoms with Crippen LogP contribution in [-0.2, 0) is 22.4 Å². The van der Waals surface area contributed by atoms with Crippen LogP contribution in [-0.4, -0.2) is 39.8 Å². The summed E-state index contributed by atoms with van der Waals surface area (Å²) in [7, 11) is 0. The molecule has 0 amide bonds. The van der Waals surface area contributed by atoms with Crippen LogP contribution in [0.15, 0.2) is 0 Å². The first-order valence-electron chi connectivity index (χ1n) is 7.12. The van der Waals surface area contributed by atoms with E-state index in [1.54, 1.807) is 11.6 Å². The van der Waals surface area contributed by atoms with E-state index in [2.05, 4.69) is 17.2 Å². The highest BCUT2D eigenvalue weighted by Crippen LogP contribution is 2.11. The van der Waals surface area contributed by atoms with Crippen LogP contribution in [0.4, 0.5) is 0 Å². The Kier molecular flexibility index (Phi) is 6.13. The third-order valence-corrected chi connectivity index (χ3v) is 2.63. The zero-order valence-electron chi connectivity index (χ0n) is 13.1. The highest BCUT2D eigenvalue weighted by Gasteiger charge is 2.20. The molecule has 0 aliphatic carbocycles. The van der Waals surface area contributed by atoms with Gasteiger partial charge in [0.05, 0.1) is 31.1 Å². The maximum Gasteiger partial charge on any atom is 0.360 e. The van der Waals surface area contributed by atoms with Crippen molar-refractivity contribution in [3.63, 3.8) is 0 Å². The quantitative estimate of drug-likeness (QED) is 0.718. The number of hydrogen-bond donors (Lipinski definition) is 0. The molecule has 1 heterocycles. The lowest BCUT2D eigenvalue weighted by atomic mass is 10.2. The van der Waals surface area contributed by atoms with Crippen molar-refractivity contribution in [2.45, 2.75) is 59.6 Å². The van der Waals surface area contributed by atoms with E-state index in [1.807, 2.05) is 20.8 Å². The summed E-state index contributed by atoms with van der Waals surface area (Å²) in [5, 5.41) is 7.99. The molecule has 0 aliphatic heterocycles. The van der Waals surface area contributed by atoms with Gasteiger partial charge >= 0.3 is 5.97 Å². The third kappa shape index (κ3) is 4.92. The predicted molar refractivity (Wildman–Crippen MR) is 75.7 cm³/mol. The van der Waals surface area contributed by atoms with Crippen molar-refractivity contribution in [2.75, 3.05) is 13.2 Å². The maximum atomic E-state index is 11.8. The molecule has 114 valence electrons. The van der Waals surface area contributed by atoms with Gasteiger partial charge in [0.15, 0.2) is 5.69 Å². The van der Waals surface area contributed by atoms with Crippen molar-refractivity contribution >= 4 is 5.97 Å². The number of nitrogens with zero attached hydrogens (tertiary/aromatic N) is 3. The number of aromatic nitrogens is 3. The molecule has 0 spiro atoms. The van der Waals surface area contributed by atoms with Gasteiger partial charge in [-0.15, -0.1) is 5.10 Å². The van der Waals surface area contributed by atoms with Crippen molar-refractivity contribution in [1.82, 2.24) is 15.0 Å². The molecule has 1 aromatic rings. The summed E-state index contributed by atoms with van der Waals surface area (Å²) in [5.41, 5.74) is 0.961. The van der Waals surface area contributed by atoms with Crippen LogP contribution in [0, 0.1) is 0 Å². The molecular formula is C14H25N3O3. The van der Waals surface area contributed by atoms with Crippen LogP contribution in [0.1, 0.15) is 57.2 Å². The average Bonchev–Trinajstić information content (AvgIpc) is 2.72. The molecule has 0 bridgehead atoms. The number of hydrogen-bond acceptors (Lipinski definition) is 5. The second kappa shape index (κ2) is 7.38. The van der Waals surface area contributed by atoms with Crippen LogP contribution in [0.5, 0.6) is 0 Å². The molecule has 1 rings (SSSR count). The standard InChI is InChI=1S/C14H25N3O3/c1-6-8-11-12(13(18)19-7-2)15-16-17(11)9-10-20-14(3,4)5/h6-10H2,1-5H3. The third-order valence-electron chi connectivity index (χ3n) is 2.63. The fraction of sp³-hybridized carbons (Fsp3) is 0.786. The van der Waals surface area contributed by atoms with Gasteiger partial charge in [0.2, 0.25) is 0 Å². The minimum Gasteiger partial charge on any atom is -0.461 e. The minimum atomic E-state index is -0.404. The molecule has 0 radical (unpaired) electrons. The first-order chi connectivity index (χ1) is 9.39. The van der Waals surface area contributed by atoms with Crippen LogP contribution in [0.2, 0.25) is 0 Å². The van der Waals surface area contributed by atoms with Gasteiger partial charge in [0.25, 0.3) is 0 Å². The van der Waals surface area contributed by atoms with Gasteiger partial charge < -0.3 is 9.47 Å². The zero-order valence-corrected chi connectivity index (χ0v) is 13.1. The number of ether oxygens (including phenoxy) is 2. The average molecular weight is 283 g/mol. The lowest BCUT2D eigenvalue weighted by Crippen LogP contribution is -2.23. The van der Waals surface area contributed by atoms with E-state index < -0.39 is 5.97 Å². The second-order valence-corrected chi connectivity index (χ2v) is 5.54. The zero-order chi connectivity index (χ0) is 15.2. The summed E-state index contributed by atoms with van der Waals surface area (Å²) in [6, 6.07) is 0. The minimum absolute atomic E-state index is 0.185. The molecule has 1 aromatic heterocycles. The van der Waals surface area contributed by atoms with E-state index in [0.29, 0.717) is 25.5 Å². The lowest BCUT2D eigenvalue weighted by Gasteiger charge is -2.19. The topological polar surface area (TPSA) is 66.2 Å². The fourth-order valence-electron chi connectivity index (χ4n) is 1.79. The lowest BCUT2D eigenvalue weighted by molar-refractivity contribution is -0.00834. The number of carbonyl (C=O) groups is 1. The van der Waals surface area contributed by atoms with Crippen LogP contribution >= 0.6 is 0 Å². The van der Waals surface area contributed by atoms with Crippen molar-refractivity contribution in [2.24, 2.45) is 0 Å². The molecule has 0 atom stereocenters. The number of esters is 1. The second-order valence-electron chi connectivity index (χ2n) is 5.54. The highest BCUT2D eigenvalue weighted by atomic mass is 16.5.